The first-order valence-electron chi connectivity index (χ1n) is 7.32. The third-order valence-electron chi connectivity index (χ3n) is 3.46. The molecule has 4 heteroatoms. The average molecular weight is 320 g/mol. The maximum Gasteiger partial charge on any atom is 0.119 e. The Labute approximate surface area is 137 Å². The van der Waals surface area contributed by atoms with Crippen molar-refractivity contribution < 1.29 is 9.84 Å². The molecule has 2 unspecified atom stereocenters. The Balaban J connectivity index is 2.04. The van der Waals surface area contributed by atoms with Gasteiger partial charge >= 0.3 is 0 Å². The van der Waals surface area contributed by atoms with Crippen LogP contribution in [0.15, 0.2) is 54.6 Å². The van der Waals surface area contributed by atoms with Crippen LogP contribution in [0, 0.1) is 5.92 Å². The highest BCUT2D eigenvalue weighted by Crippen LogP contribution is 2.24. The molecule has 118 valence electrons. The van der Waals surface area contributed by atoms with Crippen molar-refractivity contribution in [2.75, 3.05) is 27.2 Å². The number of hydrogen-bond acceptors (Lipinski definition) is 3. The van der Waals surface area contributed by atoms with Crippen LogP contribution in [0.1, 0.15) is 11.7 Å². The van der Waals surface area contributed by atoms with E-state index in [9.17, 15) is 5.11 Å². The maximum absolute atomic E-state index is 10.6. The van der Waals surface area contributed by atoms with Crippen molar-refractivity contribution in [1.82, 2.24) is 4.90 Å². The Morgan fingerprint density at radius 3 is 2.27 bits per heavy atom. The van der Waals surface area contributed by atoms with Gasteiger partial charge in [-0.3, -0.25) is 0 Å². The summed E-state index contributed by atoms with van der Waals surface area (Å²) in [5.74, 6) is 0.737. The maximum atomic E-state index is 10.6. The highest BCUT2D eigenvalue weighted by atomic mass is 35.5. The Morgan fingerprint density at radius 2 is 1.68 bits per heavy atom. The fourth-order valence-corrected chi connectivity index (χ4v) is 2.50. The van der Waals surface area contributed by atoms with Gasteiger partial charge in [-0.15, -0.1) is 0 Å². The molecule has 2 aromatic carbocycles. The summed E-state index contributed by atoms with van der Waals surface area (Å²) in [5.41, 5.74) is 0.911. The first-order valence-corrected chi connectivity index (χ1v) is 7.70. The van der Waals surface area contributed by atoms with Crippen LogP contribution in [0.2, 0.25) is 5.02 Å². The summed E-state index contributed by atoms with van der Waals surface area (Å²) >= 11 is 5.87. The predicted octanol–water partition coefficient (Wildman–Crippen LogP) is 3.63. The number of ether oxygens (including phenoxy) is 1. The fraction of sp³-hybridized carbons (Fsp3) is 0.333. The van der Waals surface area contributed by atoms with Gasteiger partial charge in [0.1, 0.15) is 5.75 Å². The molecule has 2 atom stereocenters. The van der Waals surface area contributed by atoms with E-state index < -0.39 is 6.10 Å². The summed E-state index contributed by atoms with van der Waals surface area (Å²) in [6.07, 6.45) is -0.559. The number of aliphatic hydroxyl groups excluding tert-OH is 1. The van der Waals surface area contributed by atoms with Crippen LogP contribution in [0.25, 0.3) is 0 Å². The second-order valence-corrected chi connectivity index (χ2v) is 6.08. The van der Waals surface area contributed by atoms with Crippen molar-refractivity contribution in [2.45, 2.75) is 6.10 Å². The summed E-state index contributed by atoms with van der Waals surface area (Å²) in [6, 6.07) is 17.0. The fourth-order valence-electron chi connectivity index (χ4n) is 2.37. The van der Waals surface area contributed by atoms with Gasteiger partial charge in [-0.05, 0) is 43.9 Å². The quantitative estimate of drug-likeness (QED) is 0.846. The van der Waals surface area contributed by atoms with Gasteiger partial charge in [0, 0.05) is 17.5 Å². The van der Waals surface area contributed by atoms with Crippen LogP contribution < -0.4 is 4.74 Å². The van der Waals surface area contributed by atoms with Crippen LogP contribution in [0.3, 0.4) is 0 Å². The Morgan fingerprint density at radius 1 is 1.05 bits per heavy atom. The molecule has 0 radical (unpaired) electrons. The lowest BCUT2D eigenvalue weighted by atomic mass is 9.96. The van der Waals surface area contributed by atoms with Crippen molar-refractivity contribution in [2.24, 2.45) is 5.92 Å². The van der Waals surface area contributed by atoms with E-state index in [4.69, 9.17) is 16.3 Å². The van der Waals surface area contributed by atoms with E-state index in [1.165, 1.54) is 0 Å². The summed E-state index contributed by atoms with van der Waals surface area (Å²) in [7, 11) is 3.99. The molecule has 3 nitrogen and oxygen atoms in total. The SMILES string of the molecule is CN(C)CC(COc1ccc(Cl)cc1)C(O)c1ccccc1. The van der Waals surface area contributed by atoms with E-state index in [1.807, 2.05) is 56.6 Å². The zero-order valence-electron chi connectivity index (χ0n) is 12.9. The minimum Gasteiger partial charge on any atom is -0.493 e. The Hall–Kier alpha value is -1.55. The van der Waals surface area contributed by atoms with E-state index in [-0.39, 0.29) is 5.92 Å². The summed E-state index contributed by atoms with van der Waals surface area (Å²) in [5, 5.41) is 11.3. The molecule has 0 aliphatic rings. The topological polar surface area (TPSA) is 32.7 Å². The Bertz CT molecular complexity index is 557. The summed E-state index contributed by atoms with van der Waals surface area (Å²) in [4.78, 5) is 2.06. The zero-order chi connectivity index (χ0) is 15.9. The van der Waals surface area contributed by atoms with Gasteiger partial charge in [-0.1, -0.05) is 41.9 Å². The summed E-state index contributed by atoms with van der Waals surface area (Å²) < 4.78 is 5.82. The highest BCUT2D eigenvalue weighted by molar-refractivity contribution is 6.30. The van der Waals surface area contributed by atoms with E-state index in [0.717, 1.165) is 17.9 Å². The van der Waals surface area contributed by atoms with Gasteiger partial charge in [0.15, 0.2) is 0 Å². The molecule has 0 fully saturated rings. The molecule has 0 aromatic heterocycles. The number of nitrogens with zero attached hydrogens (tertiary/aromatic N) is 1. The molecule has 0 saturated heterocycles. The lowest BCUT2D eigenvalue weighted by molar-refractivity contribution is 0.0584. The van der Waals surface area contributed by atoms with Crippen LogP contribution in [-0.2, 0) is 0 Å². The molecule has 1 N–H and O–H groups in total. The first kappa shape index (κ1) is 16.8. The van der Waals surface area contributed by atoms with Gasteiger partial charge in [0.05, 0.1) is 12.7 Å². The third-order valence-corrected chi connectivity index (χ3v) is 3.72. The molecule has 0 amide bonds. The molecule has 0 saturated carbocycles. The van der Waals surface area contributed by atoms with Crippen molar-refractivity contribution >= 4 is 11.6 Å². The molecule has 0 spiro atoms. The third kappa shape index (κ3) is 5.02. The van der Waals surface area contributed by atoms with Crippen LogP contribution in [0.4, 0.5) is 0 Å². The molecule has 2 rings (SSSR count). The van der Waals surface area contributed by atoms with Crippen molar-refractivity contribution in [3.63, 3.8) is 0 Å². The van der Waals surface area contributed by atoms with Gasteiger partial charge in [-0.25, -0.2) is 0 Å². The van der Waals surface area contributed by atoms with Gasteiger partial charge < -0.3 is 14.7 Å². The monoisotopic (exact) mass is 319 g/mol. The van der Waals surface area contributed by atoms with Crippen molar-refractivity contribution in [1.29, 1.82) is 0 Å². The van der Waals surface area contributed by atoms with Gasteiger partial charge in [0.25, 0.3) is 0 Å². The van der Waals surface area contributed by atoms with Crippen LogP contribution >= 0.6 is 11.6 Å². The van der Waals surface area contributed by atoms with E-state index >= 15 is 0 Å². The van der Waals surface area contributed by atoms with E-state index in [0.29, 0.717) is 11.6 Å². The van der Waals surface area contributed by atoms with Crippen molar-refractivity contribution in [3.8, 4) is 5.75 Å². The molecule has 0 heterocycles. The van der Waals surface area contributed by atoms with E-state index in [1.54, 1.807) is 12.1 Å². The average Bonchev–Trinajstić information content (AvgIpc) is 2.53. The van der Waals surface area contributed by atoms with Crippen LogP contribution in [0.5, 0.6) is 5.75 Å². The van der Waals surface area contributed by atoms with Crippen LogP contribution in [-0.4, -0.2) is 37.3 Å². The number of benzene rings is 2. The molecule has 0 bridgehead atoms. The smallest absolute Gasteiger partial charge is 0.119 e. The van der Waals surface area contributed by atoms with E-state index in [2.05, 4.69) is 4.90 Å². The second kappa shape index (κ2) is 8.18. The normalized spacial score (nSPS) is 13.9. The number of hydrogen-bond donors (Lipinski definition) is 1. The molecule has 22 heavy (non-hydrogen) atoms. The van der Waals surface area contributed by atoms with Gasteiger partial charge in [0.2, 0.25) is 0 Å². The lowest BCUT2D eigenvalue weighted by Crippen LogP contribution is -2.31. The minimum absolute atomic E-state index is 0.0203. The number of rotatable bonds is 7. The second-order valence-electron chi connectivity index (χ2n) is 5.64. The molecular weight excluding hydrogens is 298 g/mol. The highest BCUT2D eigenvalue weighted by Gasteiger charge is 2.22. The zero-order valence-corrected chi connectivity index (χ0v) is 13.7. The molecular formula is C18H22ClNO2. The first-order chi connectivity index (χ1) is 10.6. The molecule has 0 aliphatic carbocycles. The lowest BCUT2D eigenvalue weighted by Gasteiger charge is -2.26. The Kier molecular flexibility index (Phi) is 6.25. The number of aliphatic hydroxyl groups is 1. The standard InChI is InChI=1S/C18H22ClNO2/c1-20(2)12-15(18(21)14-6-4-3-5-7-14)13-22-17-10-8-16(19)9-11-17/h3-11,15,18,21H,12-13H2,1-2H3. The van der Waals surface area contributed by atoms with Crippen molar-refractivity contribution in [3.05, 3.63) is 65.2 Å². The predicted molar refractivity (Wildman–Crippen MR) is 90.4 cm³/mol. The summed E-state index contributed by atoms with van der Waals surface area (Å²) in [6.45, 7) is 1.18. The van der Waals surface area contributed by atoms with Gasteiger partial charge in [-0.2, -0.15) is 0 Å². The minimum atomic E-state index is -0.559. The molecule has 0 aliphatic heterocycles. The number of halogens is 1. The molecule has 2 aromatic rings. The largest absolute Gasteiger partial charge is 0.493 e.